The van der Waals surface area contributed by atoms with Gasteiger partial charge in [-0.1, -0.05) is 13.8 Å². The fourth-order valence-corrected chi connectivity index (χ4v) is 2.82. The number of aliphatic imine (C=N–C) groups is 2. The summed E-state index contributed by atoms with van der Waals surface area (Å²) < 4.78 is 1.62. The number of carboxylic acids is 1. The predicted octanol–water partition coefficient (Wildman–Crippen LogP) is 2.81. The van der Waals surface area contributed by atoms with Gasteiger partial charge in [0.25, 0.3) is 0 Å². The van der Waals surface area contributed by atoms with E-state index in [4.69, 9.17) is 0 Å². The smallest absolute Gasteiger partial charge is 0.356 e. The van der Waals surface area contributed by atoms with Gasteiger partial charge in [0.05, 0.1) is 11.9 Å². The highest BCUT2D eigenvalue weighted by Gasteiger charge is 2.50. The first-order valence-electron chi connectivity index (χ1n) is 7.17. The Morgan fingerprint density at radius 1 is 1.52 bits per heavy atom. The second kappa shape index (κ2) is 6.03. The molecule has 0 spiro atoms. The molecule has 6 nitrogen and oxygen atoms in total. The fourth-order valence-electron chi connectivity index (χ4n) is 2.82. The molecule has 1 fully saturated rings. The Hall–Kier alpha value is -2.24. The normalized spacial score (nSPS) is 22.3. The average molecular weight is 288 g/mol. The van der Waals surface area contributed by atoms with Crippen LogP contribution >= 0.6 is 0 Å². The van der Waals surface area contributed by atoms with Crippen molar-refractivity contribution < 1.29 is 9.90 Å². The minimum atomic E-state index is -0.984. The maximum Gasteiger partial charge on any atom is 0.356 e. The molecule has 0 radical (unpaired) electrons. The van der Waals surface area contributed by atoms with Crippen LogP contribution in [0.15, 0.2) is 16.2 Å². The van der Waals surface area contributed by atoms with Crippen LogP contribution in [0.2, 0.25) is 0 Å². The summed E-state index contributed by atoms with van der Waals surface area (Å²) in [7, 11) is 0. The molecule has 2 aliphatic rings. The van der Waals surface area contributed by atoms with E-state index >= 15 is 0 Å². The SMILES string of the molecule is C=N/C=C(\N=C/C)n1nc(C(=O)O)c2c1C1CC1C2.CC. The Bertz CT molecular complexity index is 628. The molecule has 1 N–H and O–H groups in total. The van der Waals surface area contributed by atoms with E-state index in [0.29, 0.717) is 17.7 Å². The Balaban J connectivity index is 0.000000774. The van der Waals surface area contributed by atoms with Gasteiger partial charge in [-0.15, -0.1) is 0 Å². The van der Waals surface area contributed by atoms with E-state index < -0.39 is 5.97 Å². The molecule has 1 aromatic heterocycles. The number of hydrogen-bond acceptors (Lipinski definition) is 4. The second-order valence-electron chi connectivity index (χ2n) is 4.79. The van der Waals surface area contributed by atoms with Gasteiger partial charge in [0.15, 0.2) is 11.5 Å². The minimum Gasteiger partial charge on any atom is -0.476 e. The van der Waals surface area contributed by atoms with Crippen molar-refractivity contribution in [2.24, 2.45) is 15.9 Å². The van der Waals surface area contributed by atoms with Gasteiger partial charge < -0.3 is 5.11 Å². The molecule has 1 saturated carbocycles. The molecule has 6 heteroatoms. The quantitative estimate of drug-likeness (QED) is 0.865. The fraction of sp³-hybridized carbons (Fsp3) is 0.467. The molecular formula is C15H20N4O2. The summed E-state index contributed by atoms with van der Waals surface area (Å²) >= 11 is 0. The number of nitrogens with zero attached hydrogens (tertiary/aromatic N) is 4. The van der Waals surface area contributed by atoms with Crippen LogP contribution in [0.3, 0.4) is 0 Å². The molecule has 0 saturated heterocycles. The Labute approximate surface area is 123 Å². The zero-order chi connectivity index (χ0) is 15.6. The molecule has 2 atom stereocenters. The van der Waals surface area contributed by atoms with Crippen LogP contribution in [0.4, 0.5) is 0 Å². The number of hydrogen-bond donors (Lipinski definition) is 1. The summed E-state index contributed by atoms with van der Waals surface area (Å²) in [5.41, 5.74) is 1.99. The monoisotopic (exact) mass is 288 g/mol. The van der Waals surface area contributed by atoms with Gasteiger partial charge in [-0.25, -0.2) is 14.5 Å². The first kappa shape index (κ1) is 15.2. The number of carboxylic acid groups (broad SMARTS) is 1. The molecular weight excluding hydrogens is 268 g/mol. The molecule has 2 unspecified atom stereocenters. The molecule has 3 rings (SSSR count). The van der Waals surface area contributed by atoms with E-state index in [-0.39, 0.29) is 5.69 Å². The molecule has 1 heterocycles. The first-order chi connectivity index (χ1) is 10.2. The lowest BCUT2D eigenvalue weighted by Crippen LogP contribution is -2.05. The van der Waals surface area contributed by atoms with Gasteiger partial charge in [-0.3, -0.25) is 4.99 Å². The average Bonchev–Trinajstić information content (AvgIpc) is 2.97. The van der Waals surface area contributed by atoms with Crippen molar-refractivity contribution in [3.63, 3.8) is 0 Å². The summed E-state index contributed by atoms with van der Waals surface area (Å²) in [5.74, 6) is 0.535. The van der Waals surface area contributed by atoms with E-state index in [2.05, 4.69) is 21.8 Å². The van der Waals surface area contributed by atoms with Crippen LogP contribution in [0, 0.1) is 5.92 Å². The van der Waals surface area contributed by atoms with Crippen LogP contribution in [-0.2, 0) is 6.42 Å². The van der Waals surface area contributed by atoms with E-state index in [1.165, 1.54) is 6.20 Å². The molecule has 21 heavy (non-hydrogen) atoms. The first-order valence-corrected chi connectivity index (χ1v) is 7.17. The lowest BCUT2D eigenvalue weighted by atomic mass is 10.1. The maximum atomic E-state index is 11.3. The van der Waals surface area contributed by atoms with Crippen molar-refractivity contribution in [1.29, 1.82) is 0 Å². The predicted molar refractivity (Wildman–Crippen MR) is 83.1 cm³/mol. The van der Waals surface area contributed by atoms with Crippen LogP contribution in [-0.4, -0.2) is 33.8 Å². The maximum absolute atomic E-state index is 11.3. The van der Waals surface area contributed by atoms with Crippen LogP contribution in [0.1, 0.15) is 54.9 Å². The molecule has 2 aliphatic carbocycles. The Morgan fingerprint density at radius 2 is 2.24 bits per heavy atom. The Kier molecular flexibility index (Phi) is 4.35. The highest BCUT2D eigenvalue weighted by molar-refractivity contribution is 5.88. The molecule has 0 aromatic carbocycles. The third-order valence-electron chi connectivity index (χ3n) is 3.65. The van der Waals surface area contributed by atoms with Crippen molar-refractivity contribution in [2.75, 3.05) is 0 Å². The van der Waals surface area contributed by atoms with Crippen molar-refractivity contribution >= 4 is 24.7 Å². The summed E-state index contributed by atoms with van der Waals surface area (Å²) in [5, 5.41) is 13.4. The van der Waals surface area contributed by atoms with Gasteiger partial charge in [-0.2, -0.15) is 5.10 Å². The van der Waals surface area contributed by atoms with Gasteiger partial charge in [0, 0.05) is 17.7 Å². The number of aromatic carboxylic acids is 1. The van der Waals surface area contributed by atoms with Crippen molar-refractivity contribution in [1.82, 2.24) is 9.78 Å². The molecule has 0 bridgehead atoms. The van der Waals surface area contributed by atoms with Crippen LogP contribution in [0.25, 0.3) is 5.82 Å². The standard InChI is InChI=1S/C13H14N4O2.C2H6/c1-3-15-10(6-14-2)17-12-8-4-7(8)5-9(12)11(16-17)13(18)19;1-2/h3,6-8H,2,4-5H2,1H3,(H,18,19);1-2H3/b10-6+,15-3-;. The lowest BCUT2D eigenvalue weighted by molar-refractivity contribution is 0.0689. The van der Waals surface area contributed by atoms with Gasteiger partial charge in [0.1, 0.15) is 0 Å². The van der Waals surface area contributed by atoms with E-state index in [9.17, 15) is 9.90 Å². The van der Waals surface area contributed by atoms with Gasteiger partial charge in [0.2, 0.25) is 0 Å². The highest BCUT2D eigenvalue weighted by atomic mass is 16.4. The second-order valence-corrected chi connectivity index (χ2v) is 4.79. The molecule has 112 valence electrons. The van der Waals surface area contributed by atoms with Gasteiger partial charge >= 0.3 is 5.97 Å². The van der Waals surface area contributed by atoms with Crippen LogP contribution in [0.5, 0.6) is 0 Å². The number of rotatable bonds is 4. The number of aromatic nitrogens is 2. The van der Waals surface area contributed by atoms with E-state index in [1.807, 2.05) is 13.8 Å². The minimum absolute atomic E-state index is 0.142. The Morgan fingerprint density at radius 3 is 2.81 bits per heavy atom. The van der Waals surface area contributed by atoms with Crippen molar-refractivity contribution in [3.8, 4) is 0 Å². The van der Waals surface area contributed by atoms with Crippen LogP contribution < -0.4 is 0 Å². The summed E-state index contributed by atoms with van der Waals surface area (Å²) in [6.45, 7) is 9.21. The summed E-state index contributed by atoms with van der Waals surface area (Å²) in [6.07, 6.45) is 5.05. The van der Waals surface area contributed by atoms with Crippen molar-refractivity contribution in [2.45, 2.75) is 39.5 Å². The third kappa shape index (κ3) is 2.53. The number of carbonyl (C=O) groups is 1. The highest BCUT2D eigenvalue weighted by Crippen LogP contribution is 2.57. The van der Waals surface area contributed by atoms with E-state index in [1.54, 1.807) is 17.8 Å². The zero-order valence-corrected chi connectivity index (χ0v) is 12.6. The van der Waals surface area contributed by atoms with E-state index in [0.717, 1.165) is 24.1 Å². The molecule has 0 aliphatic heterocycles. The topological polar surface area (TPSA) is 79.8 Å². The lowest BCUT2D eigenvalue weighted by Gasteiger charge is -2.05. The third-order valence-corrected chi connectivity index (χ3v) is 3.65. The molecule has 1 aromatic rings. The largest absolute Gasteiger partial charge is 0.476 e. The molecule has 0 amide bonds. The summed E-state index contributed by atoms with van der Waals surface area (Å²) in [4.78, 5) is 19.2. The summed E-state index contributed by atoms with van der Waals surface area (Å²) in [6, 6.07) is 0. The van der Waals surface area contributed by atoms with Gasteiger partial charge in [-0.05, 0) is 32.4 Å². The number of fused-ring (bicyclic) bond motifs is 3. The zero-order valence-electron chi connectivity index (χ0n) is 12.6. The van der Waals surface area contributed by atoms with Crippen molar-refractivity contribution in [3.05, 3.63) is 23.2 Å².